The molecule has 0 aliphatic rings. The topological polar surface area (TPSA) is 19.9 Å². The Morgan fingerprint density at radius 2 is 1.33 bits per heavy atom. The monoisotopic (exact) mass is 251 g/mol. The van der Waals surface area contributed by atoms with Crippen molar-refractivity contribution in [2.45, 2.75) is 0 Å². The third-order valence-corrected chi connectivity index (χ3v) is 4.94. The normalized spacial score (nSPS) is 11.4. The van der Waals surface area contributed by atoms with Crippen LogP contribution < -0.4 is 0 Å². The largest absolute Gasteiger partial charge is 0.284 e. The highest BCUT2D eigenvalue weighted by molar-refractivity contribution is 7.58. The lowest BCUT2D eigenvalue weighted by Crippen LogP contribution is -1.71. The van der Waals surface area contributed by atoms with E-state index < -0.39 is 7.53 Å². The summed E-state index contributed by atoms with van der Waals surface area (Å²) in [7, 11) is -0.821. The molecule has 1 nitrogen and oxygen atoms in total. The molecule has 1 atom stereocenters. The average Bonchev–Trinajstić information content (AvgIpc) is 2.83. The molecule has 87 valence electrons. The Bertz CT molecular complexity index is 584. The van der Waals surface area contributed by atoms with Crippen molar-refractivity contribution in [2.24, 2.45) is 0 Å². The molecule has 1 unspecified atom stereocenters. The molecule has 3 aromatic rings. The summed E-state index contributed by atoms with van der Waals surface area (Å²) in [5.74, 6) is 2.05. The lowest BCUT2D eigenvalue weighted by molar-refractivity contribution is 0.369. The molecular formula is C16H12OP. The van der Waals surface area contributed by atoms with Gasteiger partial charge in [0.05, 0.1) is 0 Å². The van der Waals surface area contributed by atoms with Crippen LogP contribution in [-0.4, -0.2) is 0 Å². The maximum atomic E-state index is 12.4. The average molecular weight is 251 g/mol. The Balaban J connectivity index is 2.09. The van der Waals surface area contributed by atoms with Crippen molar-refractivity contribution in [3.05, 3.63) is 72.5 Å². The Kier molecular flexibility index (Phi) is 2.92. The molecule has 1 heterocycles. The molecular weight excluding hydrogens is 239 g/mol. The molecule has 1 radical (unpaired) electrons. The van der Waals surface area contributed by atoms with E-state index in [0.717, 1.165) is 16.4 Å². The van der Waals surface area contributed by atoms with Crippen molar-refractivity contribution in [1.82, 2.24) is 0 Å². The highest BCUT2D eigenvalue weighted by Gasteiger charge is 2.13. The van der Waals surface area contributed by atoms with Gasteiger partial charge in [-0.1, -0.05) is 60.7 Å². The van der Waals surface area contributed by atoms with Crippen LogP contribution in [0.5, 0.6) is 5.48 Å². The van der Waals surface area contributed by atoms with Crippen LogP contribution in [0.4, 0.5) is 0 Å². The van der Waals surface area contributed by atoms with Gasteiger partial charge >= 0.3 is 0 Å². The van der Waals surface area contributed by atoms with Gasteiger partial charge < -0.3 is 0 Å². The van der Waals surface area contributed by atoms with E-state index in [-0.39, 0.29) is 5.48 Å². The fourth-order valence-corrected chi connectivity index (χ4v) is 3.84. The third kappa shape index (κ3) is 1.94. The van der Waals surface area contributed by atoms with Crippen LogP contribution in [-0.2, 0) is 5.11 Å². The molecule has 3 rings (SSSR count). The maximum Gasteiger partial charge on any atom is 0.208 e. The van der Waals surface area contributed by atoms with Gasteiger partial charge in [-0.15, -0.1) is 0 Å². The molecule has 0 N–H and O–H groups in total. The first-order valence-corrected chi connectivity index (χ1v) is 7.26. The Labute approximate surface area is 107 Å². The first-order chi connectivity index (χ1) is 8.86. The highest BCUT2D eigenvalue weighted by Crippen LogP contribution is 2.54. The minimum Gasteiger partial charge on any atom is -0.284 e. The minimum absolute atomic E-state index is 0.252. The molecule has 2 aromatic carbocycles. The summed E-state index contributed by atoms with van der Waals surface area (Å²) in [4.78, 5) is 0. The zero-order valence-corrected chi connectivity index (χ0v) is 10.7. The van der Waals surface area contributed by atoms with E-state index in [0.29, 0.717) is 0 Å². The second-order valence-electron chi connectivity index (χ2n) is 4.11. The molecule has 0 saturated carbocycles. The SMILES string of the molecule is [O]c1c(-c2ccccc2)ccp1-c1ccccc1. The van der Waals surface area contributed by atoms with Gasteiger partial charge in [-0.25, -0.2) is 0 Å². The van der Waals surface area contributed by atoms with E-state index in [2.05, 4.69) is 5.80 Å². The van der Waals surface area contributed by atoms with E-state index >= 15 is 0 Å². The van der Waals surface area contributed by atoms with Crippen LogP contribution in [0.2, 0.25) is 0 Å². The lowest BCUT2D eigenvalue weighted by Gasteiger charge is -2.00. The summed E-state index contributed by atoms with van der Waals surface area (Å²) in [6, 6.07) is 21.8. The van der Waals surface area contributed by atoms with Crippen LogP contribution in [0, 0.1) is 0 Å². The second-order valence-corrected chi connectivity index (χ2v) is 6.07. The number of hydrogen-bond acceptors (Lipinski definition) is 0. The zero-order valence-electron chi connectivity index (χ0n) is 9.78. The molecule has 2 heteroatoms. The first kappa shape index (κ1) is 11.1. The predicted molar refractivity (Wildman–Crippen MR) is 76.1 cm³/mol. The first-order valence-electron chi connectivity index (χ1n) is 5.85. The van der Waals surface area contributed by atoms with Gasteiger partial charge in [0.2, 0.25) is 5.48 Å². The Morgan fingerprint density at radius 1 is 0.722 bits per heavy atom. The summed E-state index contributed by atoms with van der Waals surface area (Å²) in [6.45, 7) is 0. The quantitative estimate of drug-likeness (QED) is 0.575. The van der Waals surface area contributed by atoms with E-state index in [1.54, 1.807) is 0 Å². The van der Waals surface area contributed by atoms with Crippen LogP contribution >= 0.6 is 7.53 Å². The summed E-state index contributed by atoms with van der Waals surface area (Å²) < 4.78 is 0. The van der Waals surface area contributed by atoms with Gasteiger partial charge in [0, 0.05) is 10.9 Å². The molecule has 0 bridgehead atoms. The van der Waals surface area contributed by atoms with Gasteiger partial charge in [0.15, 0.2) is 0 Å². The van der Waals surface area contributed by atoms with Crippen LogP contribution in [0.15, 0.2) is 72.5 Å². The third-order valence-electron chi connectivity index (χ3n) is 2.96. The molecule has 0 spiro atoms. The van der Waals surface area contributed by atoms with Crippen molar-refractivity contribution in [1.29, 1.82) is 0 Å². The lowest BCUT2D eigenvalue weighted by atomic mass is 10.1. The predicted octanol–water partition coefficient (Wildman–Crippen LogP) is 5.47. The summed E-state index contributed by atoms with van der Waals surface area (Å²) in [5, 5.41) is 13.6. The summed E-state index contributed by atoms with van der Waals surface area (Å²) in [5.41, 5.74) is 2.10. The number of benzene rings is 2. The van der Waals surface area contributed by atoms with Gasteiger partial charge in [0.1, 0.15) is 0 Å². The molecule has 1 aromatic heterocycles. The van der Waals surface area contributed by atoms with Crippen molar-refractivity contribution in [3.8, 4) is 21.9 Å². The van der Waals surface area contributed by atoms with Crippen LogP contribution in [0.25, 0.3) is 16.4 Å². The van der Waals surface area contributed by atoms with Crippen molar-refractivity contribution < 1.29 is 5.11 Å². The minimum atomic E-state index is -0.821. The Hall–Kier alpha value is -1.98. The molecule has 0 fully saturated rings. The standard InChI is InChI=1S/C16H12OP/c17-16-15(13-7-3-1-4-8-13)11-12-18(16)14-9-5-2-6-10-14/h1-12H. The second kappa shape index (κ2) is 4.72. The van der Waals surface area contributed by atoms with Crippen LogP contribution in [0.1, 0.15) is 0 Å². The van der Waals surface area contributed by atoms with E-state index in [9.17, 15) is 5.11 Å². The van der Waals surface area contributed by atoms with E-state index in [1.807, 2.05) is 66.7 Å². The zero-order chi connectivity index (χ0) is 12.4. The van der Waals surface area contributed by atoms with Crippen molar-refractivity contribution in [2.75, 3.05) is 0 Å². The maximum absolute atomic E-state index is 12.4. The van der Waals surface area contributed by atoms with Crippen LogP contribution in [0.3, 0.4) is 0 Å². The molecule has 0 aliphatic heterocycles. The number of hydrogen-bond donors (Lipinski definition) is 0. The molecule has 0 saturated heterocycles. The fourth-order valence-electron chi connectivity index (χ4n) is 2.05. The summed E-state index contributed by atoms with van der Waals surface area (Å²) >= 11 is 0. The van der Waals surface area contributed by atoms with E-state index in [4.69, 9.17) is 0 Å². The molecule has 0 aliphatic carbocycles. The molecule has 0 amide bonds. The smallest absolute Gasteiger partial charge is 0.208 e. The van der Waals surface area contributed by atoms with E-state index in [1.165, 1.54) is 0 Å². The van der Waals surface area contributed by atoms with Gasteiger partial charge in [-0.3, -0.25) is 5.11 Å². The Morgan fingerprint density at radius 3 is 2.00 bits per heavy atom. The number of rotatable bonds is 2. The fraction of sp³-hybridized carbons (Fsp3) is 0. The summed E-state index contributed by atoms with van der Waals surface area (Å²) in [6.07, 6.45) is 0. The highest BCUT2D eigenvalue weighted by atomic mass is 31.1. The van der Waals surface area contributed by atoms with Gasteiger partial charge in [0.25, 0.3) is 0 Å². The van der Waals surface area contributed by atoms with Gasteiger partial charge in [-0.05, 0) is 25.0 Å². The van der Waals surface area contributed by atoms with Gasteiger partial charge in [-0.2, -0.15) is 0 Å². The molecule has 18 heavy (non-hydrogen) atoms. The van der Waals surface area contributed by atoms with Crippen molar-refractivity contribution >= 4 is 7.53 Å². The van der Waals surface area contributed by atoms with Crippen molar-refractivity contribution in [3.63, 3.8) is 0 Å².